The van der Waals surface area contributed by atoms with Gasteiger partial charge in [-0.2, -0.15) is 0 Å². The van der Waals surface area contributed by atoms with Gasteiger partial charge >= 0.3 is 0 Å². The van der Waals surface area contributed by atoms with Crippen molar-refractivity contribution in [2.24, 2.45) is 0 Å². The van der Waals surface area contributed by atoms with E-state index in [2.05, 4.69) is 5.32 Å². The monoisotopic (exact) mass is 380 g/mol. The van der Waals surface area contributed by atoms with Crippen LogP contribution in [0.15, 0.2) is 53.9 Å². The first-order valence-corrected chi connectivity index (χ1v) is 9.70. The molecule has 5 nitrogen and oxygen atoms in total. The van der Waals surface area contributed by atoms with E-state index in [-0.39, 0.29) is 12.7 Å². The van der Waals surface area contributed by atoms with Crippen LogP contribution in [0.5, 0.6) is 11.5 Å². The Morgan fingerprint density at radius 1 is 1.19 bits per heavy atom. The normalized spacial score (nSPS) is 14.6. The second-order valence-electron chi connectivity index (χ2n) is 6.61. The molecule has 3 aromatic rings. The van der Waals surface area contributed by atoms with Crippen LogP contribution >= 0.6 is 11.3 Å². The van der Waals surface area contributed by atoms with Crippen molar-refractivity contribution in [1.29, 1.82) is 0 Å². The van der Waals surface area contributed by atoms with E-state index in [1.54, 1.807) is 11.3 Å². The number of fused-ring (bicyclic) bond motifs is 1. The molecule has 0 unspecified atom stereocenters. The van der Waals surface area contributed by atoms with Crippen LogP contribution in [0, 0.1) is 0 Å². The molecular weight excluding hydrogens is 360 g/mol. The number of thiazole rings is 1. The van der Waals surface area contributed by atoms with E-state index in [1.807, 2.05) is 67.8 Å². The van der Waals surface area contributed by atoms with E-state index < -0.39 is 5.54 Å². The Morgan fingerprint density at radius 2 is 1.96 bits per heavy atom. The van der Waals surface area contributed by atoms with E-state index in [1.165, 1.54) is 0 Å². The molecule has 2 heterocycles. The van der Waals surface area contributed by atoms with Crippen molar-refractivity contribution in [1.82, 2.24) is 10.3 Å². The summed E-state index contributed by atoms with van der Waals surface area (Å²) in [5, 5.41) is 6.03. The van der Waals surface area contributed by atoms with E-state index in [9.17, 15) is 4.79 Å². The maximum atomic E-state index is 12.6. The SMILES string of the molecule is CC[C@@](C)(NC(=O)c1ccccc1)c1nc(-c2ccc3c(c2)OCO3)cs1. The zero-order valence-electron chi connectivity index (χ0n) is 15.2. The molecule has 2 aromatic carbocycles. The minimum atomic E-state index is -0.536. The lowest BCUT2D eigenvalue weighted by molar-refractivity contribution is 0.0902. The standard InChI is InChI=1S/C21H20N2O3S/c1-3-21(2,23-19(24)14-7-5-4-6-8-14)20-22-16(12-27-20)15-9-10-17-18(11-15)26-13-25-17/h4-12H,3,13H2,1-2H3,(H,23,24)/t21-/m1/s1. The Kier molecular flexibility index (Phi) is 4.58. The maximum Gasteiger partial charge on any atom is 0.252 e. The number of carbonyl (C=O) groups excluding carboxylic acids is 1. The fourth-order valence-electron chi connectivity index (χ4n) is 2.92. The predicted molar refractivity (Wildman–Crippen MR) is 105 cm³/mol. The molecule has 1 aliphatic rings. The van der Waals surface area contributed by atoms with Gasteiger partial charge in [0.05, 0.1) is 11.2 Å². The highest BCUT2D eigenvalue weighted by molar-refractivity contribution is 7.10. The average molecular weight is 380 g/mol. The summed E-state index contributed by atoms with van der Waals surface area (Å²) in [5.74, 6) is 1.39. The molecule has 4 rings (SSSR count). The molecular formula is C21H20N2O3S. The van der Waals surface area contributed by atoms with Crippen molar-refractivity contribution >= 4 is 17.2 Å². The number of benzene rings is 2. The lowest BCUT2D eigenvalue weighted by Crippen LogP contribution is -2.43. The van der Waals surface area contributed by atoms with E-state index in [0.717, 1.165) is 34.2 Å². The van der Waals surface area contributed by atoms with Gasteiger partial charge in [0.1, 0.15) is 5.01 Å². The van der Waals surface area contributed by atoms with Gasteiger partial charge in [0, 0.05) is 16.5 Å². The molecule has 1 aliphatic heterocycles. The Bertz CT molecular complexity index is 971. The molecule has 6 heteroatoms. The van der Waals surface area contributed by atoms with Crippen LogP contribution in [0.4, 0.5) is 0 Å². The molecule has 0 saturated carbocycles. The summed E-state index contributed by atoms with van der Waals surface area (Å²) < 4.78 is 10.8. The van der Waals surface area contributed by atoms with Gasteiger partial charge in [-0.05, 0) is 43.7 Å². The average Bonchev–Trinajstić information content (AvgIpc) is 3.37. The summed E-state index contributed by atoms with van der Waals surface area (Å²) in [4.78, 5) is 17.4. The molecule has 1 atom stereocenters. The van der Waals surface area contributed by atoms with Gasteiger partial charge in [-0.1, -0.05) is 25.1 Å². The maximum absolute atomic E-state index is 12.6. The number of hydrogen-bond acceptors (Lipinski definition) is 5. The summed E-state index contributed by atoms with van der Waals surface area (Å²) in [7, 11) is 0. The number of ether oxygens (including phenoxy) is 2. The second-order valence-corrected chi connectivity index (χ2v) is 7.47. The van der Waals surface area contributed by atoms with Crippen LogP contribution in [0.25, 0.3) is 11.3 Å². The second kappa shape index (κ2) is 7.04. The van der Waals surface area contributed by atoms with Gasteiger partial charge in [0.2, 0.25) is 6.79 Å². The van der Waals surface area contributed by atoms with Crippen molar-refractivity contribution in [3.05, 3.63) is 64.5 Å². The van der Waals surface area contributed by atoms with Crippen molar-refractivity contribution in [2.75, 3.05) is 6.79 Å². The molecule has 0 fully saturated rings. The fraction of sp³-hybridized carbons (Fsp3) is 0.238. The molecule has 27 heavy (non-hydrogen) atoms. The van der Waals surface area contributed by atoms with Crippen molar-refractivity contribution in [3.8, 4) is 22.8 Å². The number of aromatic nitrogens is 1. The highest BCUT2D eigenvalue weighted by atomic mass is 32.1. The summed E-state index contributed by atoms with van der Waals surface area (Å²) in [6, 6.07) is 15.0. The fourth-order valence-corrected chi connectivity index (χ4v) is 3.94. The summed E-state index contributed by atoms with van der Waals surface area (Å²) in [6.45, 7) is 4.31. The van der Waals surface area contributed by atoms with E-state index in [0.29, 0.717) is 5.56 Å². The lowest BCUT2D eigenvalue weighted by atomic mass is 9.99. The smallest absolute Gasteiger partial charge is 0.252 e. The first-order chi connectivity index (χ1) is 13.1. The summed E-state index contributed by atoms with van der Waals surface area (Å²) in [6.07, 6.45) is 0.736. The van der Waals surface area contributed by atoms with Crippen LogP contribution in [0.3, 0.4) is 0 Å². The largest absolute Gasteiger partial charge is 0.454 e. The molecule has 0 aliphatic carbocycles. The third kappa shape index (κ3) is 3.40. The summed E-state index contributed by atoms with van der Waals surface area (Å²) in [5.41, 5.74) is 1.94. The number of amides is 1. The molecule has 0 bridgehead atoms. The van der Waals surface area contributed by atoms with Gasteiger partial charge in [-0.15, -0.1) is 11.3 Å². The van der Waals surface area contributed by atoms with Gasteiger partial charge < -0.3 is 14.8 Å². The van der Waals surface area contributed by atoms with Crippen LogP contribution in [-0.2, 0) is 5.54 Å². The van der Waals surface area contributed by atoms with Gasteiger partial charge in [-0.3, -0.25) is 4.79 Å². The van der Waals surface area contributed by atoms with Gasteiger partial charge in [-0.25, -0.2) is 4.98 Å². The number of carbonyl (C=O) groups is 1. The van der Waals surface area contributed by atoms with Gasteiger partial charge in [0.15, 0.2) is 11.5 Å². The zero-order chi connectivity index (χ0) is 18.9. The highest BCUT2D eigenvalue weighted by Gasteiger charge is 2.30. The van der Waals surface area contributed by atoms with E-state index >= 15 is 0 Å². The number of nitrogens with one attached hydrogen (secondary N) is 1. The molecule has 1 amide bonds. The summed E-state index contributed by atoms with van der Waals surface area (Å²) >= 11 is 1.55. The Balaban J connectivity index is 1.59. The molecule has 1 aromatic heterocycles. The third-order valence-corrected chi connectivity index (χ3v) is 5.88. The van der Waals surface area contributed by atoms with Crippen molar-refractivity contribution in [2.45, 2.75) is 25.8 Å². The molecule has 0 spiro atoms. The van der Waals surface area contributed by atoms with Crippen LogP contribution < -0.4 is 14.8 Å². The number of rotatable bonds is 5. The Labute approximate surface area is 162 Å². The van der Waals surface area contributed by atoms with Crippen molar-refractivity contribution in [3.63, 3.8) is 0 Å². The quantitative estimate of drug-likeness (QED) is 0.703. The molecule has 138 valence electrons. The van der Waals surface area contributed by atoms with Crippen LogP contribution in [0.2, 0.25) is 0 Å². The third-order valence-electron chi connectivity index (χ3n) is 4.78. The Hall–Kier alpha value is -2.86. The molecule has 0 saturated heterocycles. The zero-order valence-corrected chi connectivity index (χ0v) is 16.0. The van der Waals surface area contributed by atoms with Crippen LogP contribution in [-0.4, -0.2) is 17.7 Å². The van der Waals surface area contributed by atoms with Gasteiger partial charge in [0.25, 0.3) is 5.91 Å². The van der Waals surface area contributed by atoms with Crippen molar-refractivity contribution < 1.29 is 14.3 Å². The van der Waals surface area contributed by atoms with E-state index in [4.69, 9.17) is 14.5 Å². The minimum Gasteiger partial charge on any atom is -0.454 e. The number of nitrogens with zero attached hydrogens (tertiary/aromatic N) is 1. The minimum absolute atomic E-state index is 0.0974. The lowest BCUT2D eigenvalue weighted by Gasteiger charge is -2.27. The molecule has 0 radical (unpaired) electrons. The predicted octanol–water partition coefficient (Wildman–Crippen LogP) is 4.59. The Morgan fingerprint density at radius 3 is 2.74 bits per heavy atom. The van der Waals surface area contributed by atoms with Crippen LogP contribution in [0.1, 0.15) is 35.6 Å². The first-order valence-electron chi connectivity index (χ1n) is 8.82. The first kappa shape index (κ1) is 17.5. The number of hydrogen-bond donors (Lipinski definition) is 1. The molecule has 1 N–H and O–H groups in total. The highest BCUT2D eigenvalue weighted by Crippen LogP contribution is 2.37. The topological polar surface area (TPSA) is 60.5 Å².